The number of hydrogen-bond donors (Lipinski definition) is 1. The molecule has 29 heavy (non-hydrogen) atoms. The number of carbonyl (C=O) groups is 1. The van der Waals surface area contributed by atoms with E-state index in [0.29, 0.717) is 34.7 Å². The van der Waals surface area contributed by atoms with E-state index in [1.165, 1.54) is 0 Å². The normalized spacial score (nSPS) is 22.6. The van der Waals surface area contributed by atoms with E-state index in [1.54, 1.807) is 6.07 Å². The molecule has 2 fully saturated rings. The van der Waals surface area contributed by atoms with Crippen molar-refractivity contribution >= 4 is 46.4 Å². The van der Waals surface area contributed by atoms with Crippen LogP contribution in [0.15, 0.2) is 42.5 Å². The Morgan fingerprint density at radius 1 is 0.966 bits per heavy atom. The standard InChI is InChI=1S/C22H24Cl3N3O/c23-16-6-4-15(5-7-16)21-14-27(22(29)19-3-1-2-10-26-19)11-12-28(21)20-9-8-17(24)13-18(20)25/h4-9,13,19,21,26H,1-3,10-12,14H2/t19?,21-/m0/s1. The highest BCUT2D eigenvalue weighted by Crippen LogP contribution is 2.37. The first-order valence-electron chi connectivity index (χ1n) is 10.0. The highest BCUT2D eigenvalue weighted by atomic mass is 35.5. The van der Waals surface area contributed by atoms with Crippen LogP contribution in [-0.4, -0.2) is 43.0 Å². The quantitative estimate of drug-likeness (QED) is 0.697. The molecule has 2 aromatic rings. The number of rotatable bonds is 3. The van der Waals surface area contributed by atoms with E-state index >= 15 is 0 Å². The third kappa shape index (κ3) is 4.66. The molecule has 2 saturated heterocycles. The third-order valence-corrected chi connectivity index (χ3v) is 6.56. The molecular weight excluding hydrogens is 429 g/mol. The second kappa shape index (κ2) is 9.13. The Bertz CT molecular complexity index is 868. The summed E-state index contributed by atoms with van der Waals surface area (Å²) in [7, 11) is 0. The molecule has 7 heteroatoms. The van der Waals surface area contributed by atoms with Crippen LogP contribution in [0, 0.1) is 0 Å². The molecule has 0 saturated carbocycles. The van der Waals surface area contributed by atoms with Crippen LogP contribution in [0.1, 0.15) is 30.9 Å². The van der Waals surface area contributed by atoms with Crippen LogP contribution in [0.25, 0.3) is 0 Å². The number of nitrogens with zero attached hydrogens (tertiary/aromatic N) is 2. The number of hydrogen-bond acceptors (Lipinski definition) is 3. The monoisotopic (exact) mass is 451 g/mol. The molecule has 0 radical (unpaired) electrons. The molecule has 2 atom stereocenters. The van der Waals surface area contributed by atoms with E-state index in [-0.39, 0.29) is 18.0 Å². The minimum atomic E-state index is -0.0692. The van der Waals surface area contributed by atoms with Gasteiger partial charge in [-0.15, -0.1) is 0 Å². The van der Waals surface area contributed by atoms with Gasteiger partial charge in [-0.25, -0.2) is 0 Å². The van der Waals surface area contributed by atoms with Crippen LogP contribution < -0.4 is 10.2 Å². The molecule has 0 spiro atoms. The van der Waals surface area contributed by atoms with Gasteiger partial charge in [-0.1, -0.05) is 53.4 Å². The zero-order valence-electron chi connectivity index (χ0n) is 16.1. The lowest BCUT2D eigenvalue weighted by Gasteiger charge is -2.44. The Morgan fingerprint density at radius 2 is 1.72 bits per heavy atom. The minimum absolute atomic E-state index is 0.00719. The SMILES string of the molecule is O=C(C1CCCCN1)N1CCN(c2ccc(Cl)cc2Cl)[C@H](c2ccc(Cl)cc2)C1. The number of carbonyl (C=O) groups excluding carboxylic acids is 1. The van der Waals surface area contributed by atoms with Crippen molar-refractivity contribution in [3.8, 4) is 0 Å². The van der Waals surface area contributed by atoms with Crippen LogP contribution in [-0.2, 0) is 4.79 Å². The predicted molar refractivity (Wildman–Crippen MR) is 120 cm³/mol. The fourth-order valence-corrected chi connectivity index (χ4v) is 4.88. The zero-order valence-corrected chi connectivity index (χ0v) is 18.4. The molecule has 1 unspecified atom stereocenters. The second-order valence-electron chi connectivity index (χ2n) is 7.64. The van der Waals surface area contributed by atoms with Gasteiger partial charge in [0.2, 0.25) is 5.91 Å². The van der Waals surface area contributed by atoms with E-state index in [2.05, 4.69) is 10.2 Å². The second-order valence-corrected chi connectivity index (χ2v) is 8.92. The molecule has 4 rings (SSSR count). The summed E-state index contributed by atoms with van der Waals surface area (Å²) in [6.07, 6.45) is 3.15. The lowest BCUT2D eigenvalue weighted by Crippen LogP contribution is -2.56. The topological polar surface area (TPSA) is 35.6 Å². The zero-order chi connectivity index (χ0) is 20.4. The van der Waals surface area contributed by atoms with Crippen molar-refractivity contribution in [3.63, 3.8) is 0 Å². The maximum atomic E-state index is 13.1. The Morgan fingerprint density at radius 3 is 2.41 bits per heavy atom. The van der Waals surface area contributed by atoms with Crippen LogP contribution in [0.4, 0.5) is 5.69 Å². The number of benzene rings is 2. The largest absolute Gasteiger partial charge is 0.360 e. The Labute approximate surface area is 186 Å². The summed E-state index contributed by atoms with van der Waals surface area (Å²) < 4.78 is 0. The maximum Gasteiger partial charge on any atom is 0.239 e. The summed E-state index contributed by atoms with van der Waals surface area (Å²) in [6.45, 7) is 2.89. The molecule has 1 amide bonds. The van der Waals surface area contributed by atoms with Gasteiger partial charge in [0.15, 0.2) is 0 Å². The molecular formula is C22H24Cl3N3O. The molecule has 2 aromatic carbocycles. The highest BCUT2D eigenvalue weighted by molar-refractivity contribution is 6.36. The third-order valence-electron chi connectivity index (χ3n) is 5.77. The fraction of sp³-hybridized carbons (Fsp3) is 0.409. The van der Waals surface area contributed by atoms with E-state index in [0.717, 1.165) is 37.1 Å². The molecule has 1 N–H and O–H groups in total. The summed E-state index contributed by atoms with van der Waals surface area (Å²) in [5.41, 5.74) is 2.04. The highest BCUT2D eigenvalue weighted by Gasteiger charge is 2.34. The molecule has 154 valence electrons. The first-order chi connectivity index (χ1) is 14.0. The van der Waals surface area contributed by atoms with Crippen LogP contribution >= 0.6 is 34.8 Å². The number of piperidine rings is 1. The van der Waals surface area contributed by atoms with E-state index < -0.39 is 0 Å². The summed E-state index contributed by atoms with van der Waals surface area (Å²) in [4.78, 5) is 17.4. The number of halogens is 3. The molecule has 0 aromatic heterocycles. The van der Waals surface area contributed by atoms with Gasteiger partial charge in [0.25, 0.3) is 0 Å². The van der Waals surface area contributed by atoms with Crippen LogP contribution in [0.3, 0.4) is 0 Å². The predicted octanol–water partition coefficient (Wildman–Crippen LogP) is 5.18. The van der Waals surface area contributed by atoms with Crippen molar-refractivity contribution in [3.05, 3.63) is 63.1 Å². The van der Waals surface area contributed by atoms with Gasteiger partial charge in [0.1, 0.15) is 0 Å². The lowest BCUT2D eigenvalue weighted by atomic mass is 9.99. The summed E-state index contributed by atoms with van der Waals surface area (Å²) in [5.74, 6) is 0.200. The summed E-state index contributed by atoms with van der Waals surface area (Å²) in [5, 5.41) is 5.30. The average molecular weight is 453 g/mol. The fourth-order valence-electron chi connectivity index (χ4n) is 4.24. The minimum Gasteiger partial charge on any atom is -0.360 e. The number of anilines is 1. The van der Waals surface area contributed by atoms with Crippen molar-refractivity contribution in [1.29, 1.82) is 0 Å². The summed E-state index contributed by atoms with van der Waals surface area (Å²) in [6, 6.07) is 13.3. The molecule has 2 aliphatic heterocycles. The number of amides is 1. The van der Waals surface area contributed by atoms with Gasteiger partial charge in [0, 0.05) is 29.7 Å². The van der Waals surface area contributed by atoms with E-state index in [1.807, 2.05) is 41.3 Å². The van der Waals surface area contributed by atoms with Gasteiger partial charge in [-0.05, 0) is 55.3 Å². The van der Waals surface area contributed by atoms with Gasteiger partial charge in [0.05, 0.1) is 22.8 Å². The van der Waals surface area contributed by atoms with Crippen molar-refractivity contribution in [1.82, 2.24) is 10.2 Å². The smallest absolute Gasteiger partial charge is 0.239 e. The maximum absolute atomic E-state index is 13.1. The molecule has 2 aliphatic rings. The van der Waals surface area contributed by atoms with E-state index in [9.17, 15) is 4.79 Å². The molecule has 0 bridgehead atoms. The van der Waals surface area contributed by atoms with Crippen molar-refractivity contribution in [2.24, 2.45) is 0 Å². The van der Waals surface area contributed by atoms with Gasteiger partial charge in [-0.3, -0.25) is 4.79 Å². The molecule has 0 aliphatic carbocycles. The Kier molecular flexibility index (Phi) is 6.55. The molecule has 2 heterocycles. The Balaban J connectivity index is 1.62. The lowest BCUT2D eigenvalue weighted by molar-refractivity contribution is -0.134. The Hall–Kier alpha value is -1.46. The van der Waals surface area contributed by atoms with Crippen LogP contribution in [0.5, 0.6) is 0 Å². The first-order valence-corrected chi connectivity index (χ1v) is 11.2. The summed E-state index contributed by atoms with van der Waals surface area (Å²) >= 11 is 18.7. The van der Waals surface area contributed by atoms with Gasteiger partial charge in [-0.2, -0.15) is 0 Å². The number of piperazine rings is 1. The van der Waals surface area contributed by atoms with E-state index in [4.69, 9.17) is 34.8 Å². The first kappa shape index (κ1) is 20.8. The molecule has 4 nitrogen and oxygen atoms in total. The van der Waals surface area contributed by atoms with Crippen LogP contribution in [0.2, 0.25) is 15.1 Å². The number of nitrogens with one attached hydrogen (secondary N) is 1. The van der Waals surface area contributed by atoms with Gasteiger partial charge >= 0.3 is 0 Å². The van der Waals surface area contributed by atoms with Crippen molar-refractivity contribution in [2.45, 2.75) is 31.3 Å². The average Bonchev–Trinajstić information content (AvgIpc) is 2.74. The van der Waals surface area contributed by atoms with Crippen molar-refractivity contribution in [2.75, 3.05) is 31.1 Å². The van der Waals surface area contributed by atoms with Crippen molar-refractivity contribution < 1.29 is 4.79 Å². The van der Waals surface area contributed by atoms with Gasteiger partial charge < -0.3 is 15.1 Å².